The molecule has 1 atom stereocenters. The number of rotatable bonds is 6. The van der Waals surface area contributed by atoms with E-state index in [1.165, 1.54) is 12.2 Å². The molecule has 0 heterocycles. The van der Waals surface area contributed by atoms with E-state index in [1.807, 2.05) is 13.8 Å². The van der Waals surface area contributed by atoms with Gasteiger partial charge in [-0.15, -0.1) is 0 Å². The largest absolute Gasteiger partial charge is 0.480 e. The minimum Gasteiger partial charge on any atom is -0.480 e. The van der Waals surface area contributed by atoms with Crippen LogP contribution in [0.5, 0.6) is 0 Å². The first-order valence-corrected chi connectivity index (χ1v) is 7.21. The Balaban J connectivity index is 2.71. The lowest BCUT2D eigenvalue weighted by Crippen LogP contribution is -2.40. The van der Waals surface area contributed by atoms with Gasteiger partial charge < -0.3 is 10.4 Å². The molecular formula is C15H17Cl2NO3. The molecular weight excluding hydrogens is 313 g/mol. The predicted octanol–water partition coefficient (Wildman–Crippen LogP) is 3.62. The summed E-state index contributed by atoms with van der Waals surface area (Å²) in [5.41, 5.74) is 0.631. The first-order valence-electron chi connectivity index (χ1n) is 6.46. The number of carbonyl (C=O) groups is 2. The highest BCUT2D eigenvalue weighted by Crippen LogP contribution is 2.21. The second kappa shape index (κ2) is 8.05. The molecule has 0 aliphatic heterocycles. The van der Waals surface area contributed by atoms with Gasteiger partial charge >= 0.3 is 5.97 Å². The lowest BCUT2D eigenvalue weighted by Gasteiger charge is -2.15. The number of halogens is 2. The number of aliphatic carboxylic acids is 1. The summed E-state index contributed by atoms with van der Waals surface area (Å²) >= 11 is 11.8. The molecule has 6 heteroatoms. The van der Waals surface area contributed by atoms with Gasteiger partial charge in [-0.25, -0.2) is 4.79 Å². The third kappa shape index (κ3) is 6.19. The van der Waals surface area contributed by atoms with Gasteiger partial charge in [-0.2, -0.15) is 0 Å². The highest BCUT2D eigenvalue weighted by atomic mass is 35.5. The SMILES string of the molecule is CC(C)C[C@@H](NC(=O)C=Cc1ccc(Cl)cc1Cl)C(=O)O. The number of hydrogen-bond acceptors (Lipinski definition) is 2. The van der Waals surface area contributed by atoms with E-state index in [9.17, 15) is 9.59 Å². The Kier molecular flexibility index (Phi) is 6.72. The van der Waals surface area contributed by atoms with Crippen LogP contribution in [-0.4, -0.2) is 23.0 Å². The van der Waals surface area contributed by atoms with Gasteiger partial charge in [0.2, 0.25) is 5.91 Å². The number of carbonyl (C=O) groups excluding carboxylic acids is 1. The van der Waals surface area contributed by atoms with Gasteiger partial charge in [-0.3, -0.25) is 4.79 Å². The average Bonchev–Trinajstić information content (AvgIpc) is 2.36. The maximum absolute atomic E-state index is 11.8. The van der Waals surface area contributed by atoms with Crippen LogP contribution >= 0.6 is 23.2 Å². The van der Waals surface area contributed by atoms with Crippen molar-refractivity contribution < 1.29 is 14.7 Å². The Morgan fingerprint density at radius 3 is 2.52 bits per heavy atom. The molecule has 21 heavy (non-hydrogen) atoms. The van der Waals surface area contributed by atoms with Gasteiger partial charge in [0.15, 0.2) is 0 Å². The fourth-order valence-corrected chi connectivity index (χ4v) is 2.19. The first kappa shape index (κ1) is 17.5. The van der Waals surface area contributed by atoms with Gasteiger partial charge in [0.1, 0.15) is 6.04 Å². The lowest BCUT2D eigenvalue weighted by atomic mass is 10.0. The van der Waals surface area contributed by atoms with Crippen LogP contribution in [0.3, 0.4) is 0 Å². The smallest absolute Gasteiger partial charge is 0.326 e. The molecule has 1 rings (SSSR count). The summed E-state index contributed by atoms with van der Waals surface area (Å²) in [5.74, 6) is -1.36. The zero-order chi connectivity index (χ0) is 16.0. The minimum atomic E-state index is -1.05. The Morgan fingerprint density at radius 1 is 1.33 bits per heavy atom. The van der Waals surface area contributed by atoms with Crippen molar-refractivity contribution in [3.8, 4) is 0 Å². The number of benzene rings is 1. The van der Waals surface area contributed by atoms with E-state index in [1.54, 1.807) is 18.2 Å². The van der Waals surface area contributed by atoms with E-state index >= 15 is 0 Å². The van der Waals surface area contributed by atoms with Crippen molar-refractivity contribution >= 4 is 41.2 Å². The van der Waals surface area contributed by atoms with E-state index in [4.69, 9.17) is 28.3 Å². The third-order valence-corrected chi connectivity index (χ3v) is 3.26. The van der Waals surface area contributed by atoms with Gasteiger partial charge in [0, 0.05) is 16.1 Å². The Labute approximate surface area is 133 Å². The minimum absolute atomic E-state index is 0.168. The van der Waals surface area contributed by atoms with Crippen molar-refractivity contribution in [3.05, 3.63) is 39.9 Å². The molecule has 0 unspecified atom stereocenters. The summed E-state index contributed by atoms with van der Waals surface area (Å²) in [6.07, 6.45) is 3.14. The van der Waals surface area contributed by atoms with Gasteiger partial charge in [-0.05, 0) is 36.1 Å². The molecule has 1 amide bonds. The van der Waals surface area contributed by atoms with Crippen LogP contribution in [0.2, 0.25) is 10.0 Å². The number of carboxylic acids is 1. The molecule has 0 spiro atoms. The summed E-state index contributed by atoms with van der Waals surface area (Å²) in [4.78, 5) is 22.8. The first-order chi connectivity index (χ1) is 9.79. The fourth-order valence-electron chi connectivity index (χ4n) is 1.71. The molecule has 4 nitrogen and oxygen atoms in total. The quantitative estimate of drug-likeness (QED) is 0.783. The van der Waals surface area contributed by atoms with Crippen molar-refractivity contribution in [2.24, 2.45) is 5.92 Å². The summed E-state index contributed by atoms with van der Waals surface area (Å²) < 4.78 is 0. The van der Waals surface area contributed by atoms with Gasteiger partial charge in [0.25, 0.3) is 0 Å². The zero-order valence-electron chi connectivity index (χ0n) is 11.8. The van der Waals surface area contributed by atoms with E-state index in [-0.39, 0.29) is 5.92 Å². The summed E-state index contributed by atoms with van der Waals surface area (Å²) in [5, 5.41) is 12.4. The van der Waals surface area contributed by atoms with Crippen LogP contribution in [0.4, 0.5) is 0 Å². The van der Waals surface area contributed by atoms with Crippen LogP contribution in [0.25, 0.3) is 6.08 Å². The topological polar surface area (TPSA) is 66.4 Å². The van der Waals surface area contributed by atoms with Crippen molar-refractivity contribution in [2.45, 2.75) is 26.3 Å². The molecule has 0 saturated carbocycles. The van der Waals surface area contributed by atoms with E-state index in [2.05, 4.69) is 5.32 Å². The van der Waals surface area contributed by atoms with E-state index in [0.717, 1.165) is 0 Å². The second-order valence-corrected chi connectivity index (χ2v) is 5.87. The van der Waals surface area contributed by atoms with Gasteiger partial charge in [0.05, 0.1) is 0 Å². The predicted molar refractivity (Wildman–Crippen MR) is 84.5 cm³/mol. The molecule has 1 aromatic rings. The molecule has 1 aromatic carbocycles. The molecule has 0 aromatic heterocycles. The highest BCUT2D eigenvalue weighted by molar-refractivity contribution is 6.35. The standard InChI is InChI=1S/C15H17Cl2NO3/c1-9(2)7-13(15(20)21)18-14(19)6-4-10-3-5-11(16)8-12(10)17/h3-6,8-9,13H,7H2,1-2H3,(H,18,19)(H,20,21)/t13-/m1/s1. The van der Waals surface area contributed by atoms with Crippen molar-refractivity contribution in [1.82, 2.24) is 5.32 Å². The highest BCUT2D eigenvalue weighted by Gasteiger charge is 2.19. The Hall–Kier alpha value is -1.52. The zero-order valence-corrected chi connectivity index (χ0v) is 13.3. The van der Waals surface area contributed by atoms with Gasteiger partial charge in [-0.1, -0.05) is 43.1 Å². The third-order valence-electron chi connectivity index (χ3n) is 2.70. The van der Waals surface area contributed by atoms with Crippen molar-refractivity contribution in [3.63, 3.8) is 0 Å². The number of carboxylic acid groups (broad SMARTS) is 1. The maximum Gasteiger partial charge on any atom is 0.326 e. The average molecular weight is 330 g/mol. The monoisotopic (exact) mass is 329 g/mol. The lowest BCUT2D eigenvalue weighted by molar-refractivity contribution is -0.141. The molecule has 0 radical (unpaired) electrons. The maximum atomic E-state index is 11.8. The van der Waals surface area contributed by atoms with Crippen molar-refractivity contribution in [2.75, 3.05) is 0 Å². The molecule has 0 aliphatic carbocycles. The summed E-state index contributed by atoms with van der Waals surface area (Å²) in [6.45, 7) is 3.79. The number of hydrogen-bond donors (Lipinski definition) is 2. The second-order valence-electron chi connectivity index (χ2n) is 5.03. The number of nitrogens with one attached hydrogen (secondary N) is 1. The molecule has 2 N–H and O–H groups in total. The summed E-state index contributed by atoms with van der Waals surface area (Å²) in [6, 6.07) is 4.00. The van der Waals surface area contributed by atoms with Crippen LogP contribution in [0.1, 0.15) is 25.8 Å². The molecule has 0 saturated heterocycles. The van der Waals surface area contributed by atoms with Crippen molar-refractivity contribution in [1.29, 1.82) is 0 Å². The van der Waals surface area contributed by atoms with Crippen LogP contribution in [0.15, 0.2) is 24.3 Å². The normalized spacial score (nSPS) is 12.6. The van der Waals surface area contributed by atoms with E-state index in [0.29, 0.717) is 22.0 Å². The van der Waals surface area contributed by atoms with E-state index < -0.39 is 17.9 Å². The fraction of sp³-hybridized carbons (Fsp3) is 0.333. The Morgan fingerprint density at radius 2 is 2.00 bits per heavy atom. The molecule has 0 fully saturated rings. The molecule has 0 aliphatic rings. The summed E-state index contributed by atoms with van der Waals surface area (Å²) in [7, 11) is 0. The number of amides is 1. The van der Waals surface area contributed by atoms with Crippen LogP contribution in [0, 0.1) is 5.92 Å². The van der Waals surface area contributed by atoms with Crippen LogP contribution < -0.4 is 5.32 Å². The molecule has 114 valence electrons. The Bertz CT molecular complexity index is 556. The van der Waals surface area contributed by atoms with Crippen LogP contribution in [-0.2, 0) is 9.59 Å². The molecule has 0 bridgehead atoms.